The van der Waals surface area contributed by atoms with Crippen molar-refractivity contribution in [2.24, 2.45) is 5.92 Å². The second-order valence-electron chi connectivity index (χ2n) is 6.49. The second-order valence-corrected chi connectivity index (χ2v) is 8.33. The molecule has 2 amide bonds. The third-order valence-electron chi connectivity index (χ3n) is 4.74. The molecular formula is C19H27BrN2O2S. The summed E-state index contributed by atoms with van der Waals surface area (Å²) in [6, 6.07) is 6.85. The van der Waals surface area contributed by atoms with Crippen molar-refractivity contribution in [2.75, 3.05) is 25.1 Å². The molecule has 2 atom stereocenters. The van der Waals surface area contributed by atoms with Gasteiger partial charge in [0.2, 0.25) is 5.91 Å². The van der Waals surface area contributed by atoms with Crippen LogP contribution < -0.4 is 5.32 Å². The van der Waals surface area contributed by atoms with Crippen LogP contribution in [0, 0.1) is 5.92 Å². The van der Waals surface area contributed by atoms with Crippen molar-refractivity contribution in [1.82, 2.24) is 10.2 Å². The third-order valence-corrected chi connectivity index (χ3v) is 6.08. The number of halogens is 1. The first kappa shape index (κ1) is 20.3. The van der Waals surface area contributed by atoms with Gasteiger partial charge >= 0.3 is 0 Å². The largest absolute Gasteiger partial charge is 0.341 e. The van der Waals surface area contributed by atoms with Crippen LogP contribution >= 0.6 is 27.7 Å². The van der Waals surface area contributed by atoms with E-state index in [9.17, 15) is 9.59 Å². The molecule has 0 bridgehead atoms. The fraction of sp³-hybridized carbons (Fsp3) is 0.579. The van der Waals surface area contributed by atoms with Crippen molar-refractivity contribution in [2.45, 2.75) is 38.6 Å². The average Bonchev–Trinajstić information content (AvgIpc) is 2.64. The van der Waals surface area contributed by atoms with Crippen LogP contribution in [0.5, 0.6) is 0 Å². The molecule has 0 radical (unpaired) electrons. The molecule has 1 aliphatic rings. The van der Waals surface area contributed by atoms with Crippen LogP contribution in [0.2, 0.25) is 0 Å². The standard InChI is InChI=1S/C19H27BrN2O2S/c1-3-14-7-6-11-22(13-14)19(24)17(10-12-25-2)21-18(23)15-8-4-5-9-16(15)20/h4-5,8-9,14,17H,3,6-7,10-13H2,1-2H3,(H,21,23). The maximum atomic E-state index is 13.0. The van der Waals surface area contributed by atoms with E-state index in [1.165, 1.54) is 6.42 Å². The minimum absolute atomic E-state index is 0.0626. The number of likely N-dealkylation sites (tertiary alicyclic amines) is 1. The van der Waals surface area contributed by atoms with Crippen molar-refractivity contribution < 1.29 is 9.59 Å². The fourth-order valence-electron chi connectivity index (χ4n) is 3.19. The Kier molecular flexibility index (Phi) is 8.30. The molecule has 138 valence electrons. The average molecular weight is 427 g/mol. The lowest BCUT2D eigenvalue weighted by Crippen LogP contribution is -2.51. The van der Waals surface area contributed by atoms with Crippen molar-refractivity contribution >= 4 is 39.5 Å². The van der Waals surface area contributed by atoms with E-state index in [1.807, 2.05) is 29.4 Å². The summed E-state index contributed by atoms with van der Waals surface area (Å²) in [5, 5.41) is 2.97. The Labute approximate surface area is 163 Å². The van der Waals surface area contributed by atoms with Crippen LogP contribution in [0.1, 0.15) is 43.0 Å². The third kappa shape index (κ3) is 5.74. The summed E-state index contributed by atoms with van der Waals surface area (Å²) in [5.74, 6) is 1.29. The lowest BCUT2D eigenvalue weighted by molar-refractivity contribution is -0.135. The Bertz CT molecular complexity index is 597. The van der Waals surface area contributed by atoms with Gasteiger partial charge < -0.3 is 10.2 Å². The molecule has 1 N–H and O–H groups in total. The monoisotopic (exact) mass is 426 g/mol. The van der Waals surface area contributed by atoms with Crippen LogP contribution in [-0.2, 0) is 4.79 Å². The van der Waals surface area contributed by atoms with Gasteiger partial charge in [-0.25, -0.2) is 0 Å². The number of nitrogens with one attached hydrogen (secondary N) is 1. The topological polar surface area (TPSA) is 49.4 Å². The highest BCUT2D eigenvalue weighted by Crippen LogP contribution is 2.21. The summed E-state index contributed by atoms with van der Waals surface area (Å²) in [7, 11) is 0. The fourth-order valence-corrected chi connectivity index (χ4v) is 4.13. The summed E-state index contributed by atoms with van der Waals surface area (Å²) < 4.78 is 0.743. The van der Waals surface area contributed by atoms with Gasteiger partial charge in [0.25, 0.3) is 5.91 Å². The van der Waals surface area contributed by atoms with E-state index in [0.29, 0.717) is 17.9 Å². The summed E-state index contributed by atoms with van der Waals surface area (Å²) in [4.78, 5) is 27.6. The number of hydrogen-bond donors (Lipinski definition) is 1. The van der Waals surface area contributed by atoms with Gasteiger partial charge in [0, 0.05) is 17.6 Å². The zero-order chi connectivity index (χ0) is 18.2. The molecule has 1 aromatic carbocycles. The highest BCUT2D eigenvalue weighted by molar-refractivity contribution is 9.10. The molecule has 25 heavy (non-hydrogen) atoms. The smallest absolute Gasteiger partial charge is 0.253 e. The predicted molar refractivity (Wildman–Crippen MR) is 108 cm³/mol. The number of carbonyl (C=O) groups excluding carboxylic acids is 2. The molecule has 0 saturated carbocycles. The van der Waals surface area contributed by atoms with E-state index in [0.717, 1.165) is 36.2 Å². The van der Waals surface area contributed by atoms with Crippen LogP contribution in [0.4, 0.5) is 0 Å². The number of piperidine rings is 1. The summed E-state index contributed by atoms with van der Waals surface area (Å²) in [6.07, 6.45) is 6.02. The maximum Gasteiger partial charge on any atom is 0.253 e. The molecule has 4 nitrogen and oxygen atoms in total. The normalized spacial score (nSPS) is 18.7. The van der Waals surface area contributed by atoms with Gasteiger partial charge in [-0.3, -0.25) is 9.59 Å². The predicted octanol–water partition coefficient (Wildman–Crippen LogP) is 3.95. The molecule has 1 saturated heterocycles. The van der Waals surface area contributed by atoms with Gasteiger partial charge in [0.05, 0.1) is 5.56 Å². The van der Waals surface area contributed by atoms with Crippen LogP contribution in [-0.4, -0.2) is 47.9 Å². The minimum Gasteiger partial charge on any atom is -0.341 e. The van der Waals surface area contributed by atoms with Crippen molar-refractivity contribution in [3.63, 3.8) is 0 Å². The highest BCUT2D eigenvalue weighted by Gasteiger charge is 2.29. The Morgan fingerprint density at radius 3 is 2.84 bits per heavy atom. The van der Waals surface area contributed by atoms with Gasteiger partial charge in [-0.1, -0.05) is 25.5 Å². The van der Waals surface area contributed by atoms with Gasteiger partial charge in [0.15, 0.2) is 0 Å². The first-order valence-electron chi connectivity index (χ1n) is 8.90. The van der Waals surface area contributed by atoms with E-state index in [-0.39, 0.29) is 11.8 Å². The van der Waals surface area contributed by atoms with Crippen molar-refractivity contribution in [1.29, 1.82) is 0 Å². The van der Waals surface area contributed by atoms with E-state index in [2.05, 4.69) is 28.2 Å². The van der Waals surface area contributed by atoms with Crippen LogP contribution in [0.25, 0.3) is 0 Å². The number of carbonyl (C=O) groups is 2. The van der Waals surface area contributed by atoms with Gasteiger partial charge in [0.1, 0.15) is 6.04 Å². The van der Waals surface area contributed by atoms with E-state index < -0.39 is 6.04 Å². The number of hydrogen-bond acceptors (Lipinski definition) is 3. The Balaban J connectivity index is 2.08. The molecule has 2 unspecified atom stereocenters. The lowest BCUT2D eigenvalue weighted by atomic mass is 9.95. The number of thioether (sulfide) groups is 1. The SMILES string of the molecule is CCC1CCCN(C(=O)C(CCSC)NC(=O)c2ccccc2Br)C1. The number of nitrogens with zero attached hydrogens (tertiary/aromatic N) is 1. The molecule has 1 fully saturated rings. The first-order valence-corrected chi connectivity index (χ1v) is 11.1. The molecule has 1 aliphatic heterocycles. The van der Waals surface area contributed by atoms with Crippen LogP contribution in [0.15, 0.2) is 28.7 Å². The molecule has 6 heteroatoms. The van der Waals surface area contributed by atoms with E-state index in [1.54, 1.807) is 17.8 Å². The molecule has 1 heterocycles. The van der Waals surface area contributed by atoms with Gasteiger partial charge in [-0.15, -0.1) is 0 Å². The number of benzene rings is 1. The molecular weight excluding hydrogens is 400 g/mol. The lowest BCUT2D eigenvalue weighted by Gasteiger charge is -2.35. The second kappa shape index (κ2) is 10.2. The van der Waals surface area contributed by atoms with Crippen molar-refractivity contribution in [3.05, 3.63) is 34.3 Å². The molecule has 0 aliphatic carbocycles. The summed E-state index contributed by atoms with van der Waals surface area (Å²) in [6.45, 7) is 3.80. The molecule has 0 aromatic heterocycles. The zero-order valence-electron chi connectivity index (χ0n) is 15.0. The number of rotatable bonds is 7. The summed E-state index contributed by atoms with van der Waals surface area (Å²) >= 11 is 5.10. The zero-order valence-corrected chi connectivity index (χ0v) is 17.4. The maximum absolute atomic E-state index is 13.0. The Hall–Kier alpha value is -1.01. The Morgan fingerprint density at radius 2 is 2.16 bits per heavy atom. The van der Waals surface area contributed by atoms with Gasteiger partial charge in [-0.05, 0) is 65.3 Å². The number of amides is 2. The minimum atomic E-state index is -0.456. The van der Waals surface area contributed by atoms with Crippen LogP contribution in [0.3, 0.4) is 0 Å². The molecule has 1 aromatic rings. The summed E-state index contributed by atoms with van der Waals surface area (Å²) in [5.41, 5.74) is 0.564. The van der Waals surface area contributed by atoms with Crippen molar-refractivity contribution in [3.8, 4) is 0 Å². The highest BCUT2D eigenvalue weighted by atomic mass is 79.9. The quantitative estimate of drug-likeness (QED) is 0.717. The first-order chi connectivity index (χ1) is 12.1. The van der Waals surface area contributed by atoms with E-state index >= 15 is 0 Å². The molecule has 2 rings (SSSR count). The Morgan fingerprint density at radius 1 is 1.40 bits per heavy atom. The molecule has 0 spiro atoms. The van der Waals surface area contributed by atoms with E-state index in [4.69, 9.17) is 0 Å². The van der Waals surface area contributed by atoms with Gasteiger partial charge in [-0.2, -0.15) is 11.8 Å².